The number of anilines is 2. The highest BCUT2D eigenvalue weighted by atomic mass is 32.2. The number of rotatable bonds is 2. The van der Waals surface area contributed by atoms with Gasteiger partial charge in [-0.1, -0.05) is 12.1 Å². The first-order valence-corrected chi connectivity index (χ1v) is 9.03. The fourth-order valence-corrected chi connectivity index (χ4v) is 5.24. The zero-order valence-electron chi connectivity index (χ0n) is 11.6. The molecule has 110 valence electrons. The first-order chi connectivity index (χ1) is 9.98. The molecule has 0 aliphatic carbocycles. The Bertz CT molecular complexity index is 768. The van der Waals surface area contributed by atoms with Crippen molar-refractivity contribution < 1.29 is 8.42 Å². The summed E-state index contributed by atoms with van der Waals surface area (Å²) in [5.74, 6) is 0.748. The molecule has 0 atom stereocenters. The lowest BCUT2D eigenvalue weighted by molar-refractivity contribution is 0.591. The van der Waals surface area contributed by atoms with Gasteiger partial charge in [0.1, 0.15) is 0 Å². The third-order valence-electron chi connectivity index (χ3n) is 3.35. The molecule has 3 rings (SSSR count). The number of hydrogen-bond acceptors (Lipinski definition) is 4. The van der Waals surface area contributed by atoms with Crippen LogP contribution in [0.15, 0.2) is 52.3 Å². The van der Waals surface area contributed by atoms with Crippen molar-refractivity contribution in [2.45, 2.75) is 16.7 Å². The average Bonchev–Trinajstić information content (AvgIpc) is 2.45. The third-order valence-corrected chi connectivity index (χ3v) is 6.18. The summed E-state index contributed by atoms with van der Waals surface area (Å²) in [6.45, 7) is 2.31. The molecule has 1 heterocycles. The number of nitrogens with zero attached hydrogens (tertiary/aromatic N) is 1. The van der Waals surface area contributed by atoms with E-state index in [1.807, 2.05) is 31.2 Å². The molecule has 6 heteroatoms. The van der Waals surface area contributed by atoms with Crippen molar-refractivity contribution in [1.82, 2.24) is 0 Å². The van der Waals surface area contributed by atoms with Gasteiger partial charge >= 0.3 is 0 Å². The molecule has 0 saturated heterocycles. The quantitative estimate of drug-likeness (QED) is 0.864. The standard InChI is InChI=1S/C15H16N2O2S2/c1-11-8-12(16)10-13(9-11)21(18,19)17-6-7-20-15-5-3-2-4-14(15)17/h2-5,8-10H,6-7,16H2,1H3. The van der Waals surface area contributed by atoms with Crippen molar-refractivity contribution in [1.29, 1.82) is 0 Å². The summed E-state index contributed by atoms with van der Waals surface area (Å²) in [6, 6.07) is 12.5. The maximum atomic E-state index is 12.9. The molecule has 21 heavy (non-hydrogen) atoms. The van der Waals surface area contributed by atoms with Gasteiger partial charge in [-0.05, 0) is 42.8 Å². The van der Waals surface area contributed by atoms with Gasteiger partial charge in [0.25, 0.3) is 10.0 Å². The molecule has 4 nitrogen and oxygen atoms in total. The minimum Gasteiger partial charge on any atom is -0.399 e. The number of thioether (sulfide) groups is 1. The Morgan fingerprint density at radius 2 is 1.95 bits per heavy atom. The zero-order chi connectivity index (χ0) is 15.0. The van der Waals surface area contributed by atoms with Crippen LogP contribution in [-0.2, 0) is 10.0 Å². The SMILES string of the molecule is Cc1cc(N)cc(S(=O)(=O)N2CCSc3ccccc32)c1. The van der Waals surface area contributed by atoms with Crippen LogP contribution in [0.25, 0.3) is 0 Å². The topological polar surface area (TPSA) is 63.4 Å². The van der Waals surface area contributed by atoms with Gasteiger partial charge in [0.05, 0.1) is 10.6 Å². The predicted octanol–water partition coefficient (Wildman–Crippen LogP) is 2.88. The molecule has 0 unspecified atom stereocenters. The number of benzene rings is 2. The van der Waals surface area contributed by atoms with Crippen LogP contribution in [0.4, 0.5) is 11.4 Å². The van der Waals surface area contributed by atoms with Gasteiger partial charge in [0.2, 0.25) is 0 Å². The van der Waals surface area contributed by atoms with Gasteiger partial charge in [-0.2, -0.15) is 0 Å². The van der Waals surface area contributed by atoms with Crippen molar-refractivity contribution in [3.63, 3.8) is 0 Å². The van der Waals surface area contributed by atoms with Crippen molar-refractivity contribution in [3.05, 3.63) is 48.0 Å². The molecule has 0 fully saturated rings. The van der Waals surface area contributed by atoms with Crippen molar-refractivity contribution in [2.75, 3.05) is 22.3 Å². The van der Waals surface area contributed by atoms with Gasteiger partial charge in [0.15, 0.2) is 0 Å². The van der Waals surface area contributed by atoms with E-state index >= 15 is 0 Å². The lowest BCUT2D eigenvalue weighted by atomic mass is 10.2. The highest BCUT2D eigenvalue weighted by molar-refractivity contribution is 8.00. The summed E-state index contributed by atoms with van der Waals surface area (Å²) < 4.78 is 27.3. The van der Waals surface area contributed by atoms with Gasteiger partial charge in [-0.15, -0.1) is 11.8 Å². The smallest absolute Gasteiger partial charge is 0.264 e. The molecular weight excluding hydrogens is 304 g/mol. The molecule has 1 aliphatic heterocycles. The summed E-state index contributed by atoms with van der Waals surface area (Å²) in [6.07, 6.45) is 0. The average molecular weight is 320 g/mol. The Morgan fingerprint density at radius 3 is 2.71 bits per heavy atom. The summed E-state index contributed by atoms with van der Waals surface area (Å²) in [5, 5.41) is 0. The molecule has 2 N–H and O–H groups in total. The molecule has 0 radical (unpaired) electrons. The van der Waals surface area contributed by atoms with E-state index in [4.69, 9.17) is 5.73 Å². The number of aryl methyl sites for hydroxylation is 1. The van der Waals surface area contributed by atoms with Gasteiger partial charge in [-0.25, -0.2) is 8.42 Å². The van der Waals surface area contributed by atoms with E-state index < -0.39 is 10.0 Å². The van der Waals surface area contributed by atoms with Gasteiger partial charge < -0.3 is 5.73 Å². The Labute approximate surface area is 129 Å². The van der Waals surface area contributed by atoms with Crippen LogP contribution in [0.1, 0.15) is 5.56 Å². The summed E-state index contributed by atoms with van der Waals surface area (Å²) >= 11 is 1.68. The van der Waals surface area contributed by atoms with Crippen LogP contribution in [0.3, 0.4) is 0 Å². The summed E-state index contributed by atoms with van der Waals surface area (Å²) in [7, 11) is -3.58. The van der Waals surface area contributed by atoms with Crippen molar-refractivity contribution in [3.8, 4) is 0 Å². The Hall–Kier alpha value is -1.66. The second-order valence-corrected chi connectivity index (χ2v) is 7.97. The minimum absolute atomic E-state index is 0.252. The first kappa shape index (κ1) is 14.3. The van der Waals surface area contributed by atoms with Crippen molar-refractivity contribution >= 4 is 33.2 Å². The normalized spacial score (nSPS) is 14.8. The number of sulfonamides is 1. The maximum absolute atomic E-state index is 12.9. The van der Waals surface area contributed by atoms with E-state index in [1.165, 1.54) is 10.4 Å². The highest BCUT2D eigenvalue weighted by Crippen LogP contribution is 2.37. The lowest BCUT2D eigenvalue weighted by Crippen LogP contribution is -2.35. The fraction of sp³-hybridized carbons (Fsp3) is 0.200. The van der Waals surface area contributed by atoms with Gasteiger partial charge in [-0.3, -0.25) is 4.31 Å². The molecule has 1 aliphatic rings. The minimum atomic E-state index is -3.58. The Kier molecular flexibility index (Phi) is 3.59. The molecule has 0 bridgehead atoms. The van der Waals surface area contributed by atoms with E-state index in [0.717, 1.165) is 21.9 Å². The molecule has 0 spiro atoms. The molecular formula is C15H16N2O2S2. The summed E-state index contributed by atoms with van der Waals surface area (Å²) in [4.78, 5) is 1.25. The second-order valence-electron chi connectivity index (χ2n) is 4.97. The third kappa shape index (κ3) is 2.61. The van der Waals surface area contributed by atoms with Crippen molar-refractivity contribution in [2.24, 2.45) is 0 Å². The molecule has 0 aromatic heterocycles. The maximum Gasteiger partial charge on any atom is 0.264 e. The molecule has 0 amide bonds. The van der Waals surface area contributed by atoms with Crippen LogP contribution in [-0.4, -0.2) is 20.7 Å². The Morgan fingerprint density at radius 1 is 1.19 bits per heavy atom. The Balaban J connectivity index is 2.11. The van der Waals surface area contributed by atoms with E-state index in [1.54, 1.807) is 23.9 Å². The van der Waals surface area contributed by atoms with E-state index in [2.05, 4.69) is 0 Å². The van der Waals surface area contributed by atoms with Gasteiger partial charge in [0, 0.05) is 22.9 Å². The number of fused-ring (bicyclic) bond motifs is 1. The highest BCUT2D eigenvalue weighted by Gasteiger charge is 2.29. The van der Waals surface area contributed by atoms with E-state index in [9.17, 15) is 8.42 Å². The summed E-state index contributed by atoms with van der Waals surface area (Å²) in [5.41, 5.74) is 7.84. The van der Waals surface area contributed by atoms with E-state index in [-0.39, 0.29) is 4.90 Å². The zero-order valence-corrected chi connectivity index (χ0v) is 13.2. The fourth-order valence-electron chi connectivity index (χ4n) is 2.45. The molecule has 2 aromatic rings. The first-order valence-electron chi connectivity index (χ1n) is 6.60. The monoisotopic (exact) mass is 320 g/mol. The number of nitrogens with two attached hydrogens (primary N) is 1. The second kappa shape index (κ2) is 5.27. The molecule has 2 aromatic carbocycles. The van der Waals surface area contributed by atoms with Crippen LogP contribution in [0.2, 0.25) is 0 Å². The van der Waals surface area contributed by atoms with Crippen LogP contribution < -0.4 is 10.0 Å². The number of hydrogen-bond donors (Lipinski definition) is 1. The number of para-hydroxylation sites is 1. The molecule has 0 saturated carbocycles. The van der Waals surface area contributed by atoms with E-state index in [0.29, 0.717) is 12.2 Å². The number of nitrogen functional groups attached to an aromatic ring is 1. The van der Waals surface area contributed by atoms with Crippen LogP contribution in [0.5, 0.6) is 0 Å². The predicted molar refractivity (Wildman–Crippen MR) is 87.3 cm³/mol. The van der Waals surface area contributed by atoms with Crippen LogP contribution in [0, 0.1) is 6.92 Å². The largest absolute Gasteiger partial charge is 0.399 e. The lowest BCUT2D eigenvalue weighted by Gasteiger charge is -2.30. The van der Waals surface area contributed by atoms with Crippen LogP contribution >= 0.6 is 11.8 Å².